The van der Waals surface area contributed by atoms with Gasteiger partial charge in [-0.3, -0.25) is 0 Å². The molecule has 0 radical (unpaired) electrons. The first-order valence-corrected chi connectivity index (χ1v) is 6.71. The number of hydrogen-bond acceptors (Lipinski definition) is 3. The van der Waals surface area contributed by atoms with Crippen molar-refractivity contribution in [3.05, 3.63) is 28.8 Å². The zero-order valence-corrected chi connectivity index (χ0v) is 11.3. The second-order valence-electron chi connectivity index (χ2n) is 5.08. The predicted molar refractivity (Wildman–Crippen MR) is 71.0 cm³/mol. The molecular formula is C14H19ClO3. The molecule has 1 aliphatic carbocycles. The summed E-state index contributed by atoms with van der Waals surface area (Å²) in [5.41, 5.74) is -0.0561. The molecule has 0 unspecified atom stereocenters. The predicted octanol–water partition coefficient (Wildman–Crippen LogP) is 3.08. The van der Waals surface area contributed by atoms with Crippen molar-refractivity contribution in [1.29, 1.82) is 0 Å². The highest BCUT2D eigenvalue weighted by molar-refractivity contribution is 6.30. The van der Waals surface area contributed by atoms with Gasteiger partial charge in [0.2, 0.25) is 0 Å². The Kier molecular flexibility index (Phi) is 4.15. The number of halogens is 1. The van der Waals surface area contributed by atoms with Gasteiger partial charge in [-0.05, 0) is 38.0 Å². The largest absolute Gasteiger partial charge is 0.490 e. The fraction of sp³-hybridized carbons (Fsp3) is 0.571. The molecule has 0 spiro atoms. The zero-order valence-electron chi connectivity index (χ0n) is 10.5. The van der Waals surface area contributed by atoms with Crippen molar-refractivity contribution in [2.75, 3.05) is 6.61 Å². The van der Waals surface area contributed by atoms with Gasteiger partial charge >= 0.3 is 0 Å². The zero-order chi connectivity index (χ0) is 13.2. The molecule has 2 rings (SSSR count). The normalized spacial score (nSPS) is 19.8. The molecular weight excluding hydrogens is 252 g/mol. The number of ether oxygens (including phenoxy) is 1. The molecule has 0 bridgehead atoms. The van der Waals surface area contributed by atoms with Crippen LogP contribution in [0.2, 0.25) is 5.02 Å². The van der Waals surface area contributed by atoms with Crippen LogP contribution in [0.5, 0.6) is 5.75 Å². The molecule has 1 fully saturated rings. The van der Waals surface area contributed by atoms with E-state index in [1.54, 1.807) is 25.1 Å². The lowest BCUT2D eigenvalue weighted by atomic mass is 10.0. The van der Waals surface area contributed by atoms with Crippen molar-refractivity contribution < 1.29 is 14.9 Å². The van der Waals surface area contributed by atoms with E-state index in [9.17, 15) is 10.2 Å². The van der Waals surface area contributed by atoms with Crippen molar-refractivity contribution in [1.82, 2.24) is 0 Å². The topological polar surface area (TPSA) is 49.7 Å². The number of aliphatic hydroxyl groups is 2. The molecule has 0 aliphatic heterocycles. The van der Waals surface area contributed by atoms with Crippen LogP contribution in [-0.2, 0) is 0 Å². The van der Waals surface area contributed by atoms with E-state index in [1.807, 2.05) is 0 Å². The Hall–Kier alpha value is -0.770. The second-order valence-corrected chi connectivity index (χ2v) is 5.51. The van der Waals surface area contributed by atoms with E-state index in [1.165, 1.54) is 0 Å². The molecule has 100 valence electrons. The Bertz CT molecular complexity index is 412. The summed E-state index contributed by atoms with van der Waals surface area (Å²) in [4.78, 5) is 0. The number of aliphatic hydroxyl groups excluding tert-OH is 1. The lowest BCUT2D eigenvalue weighted by molar-refractivity contribution is 0.000475. The lowest BCUT2D eigenvalue weighted by Gasteiger charge is -2.23. The summed E-state index contributed by atoms with van der Waals surface area (Å²) in [6.45, 7) is 1.94. The summed E-state index contributed by atoms with van der Waals surface area (Å²) >= 11 is 5.90. The highest BCUT2D eigenvalue weighted by Crippen LogP contribution is 2.33. The van der Waals surface area contributed by atoms with Gasteiger partial charge in [0.05, 0.1) is 11.7 Å². The molecule has 1 aromatic rings. The minimum absolute atomic E-state index is 0.272. The van der Waals surface area contributed by atoms with Crippen LogP contribution in [0.3, 0.4) is 0 Å². The quantitative estimate of drug-likeness (QED) is 0.884. The molecule has 1 saturated carbocycles. The summed E-state index contributed by atoms with van der Waals surface area (Å²) < 4.78 is 5.67. The van der Waals surface area contributed by atoms with E-state index >= 15 is 0 Å². The smallest absolute Gasteiger partial charge is 0.125 e. The van der Waals surface area contributed by atoms with Crippen molar-refractivity contribution >= 4 is 11.6 Å². The summed E-state index contributed by atoms with van der Waals surface area (Å²) in [6, 6.07) is 5.16. The number of rotatable bonds is 4. The molecule has 1 aromatic carbocycles. The van der Waals surface area contributed by atoms with Crippen LogP contribution >= 0.6 is 11.6 Å². The third-order valence-corrected chi connectivity index (χ3v) is 3.69. The van der Waals surface area contributed by atoms with Crippen molar-refractivity contribution in [3.8, 4) is 5.75 Å². The molecule has 1 atom stereocenters. The molecule has 2 N–H and O–H groups in total. The van der Waals surface area contributed by atoms with E-state index in [0.717, 1.165) is 25.7 Å². The summed E-state index contributed by atoms with van der Waals surface area (Å²) in [5.74, 6) is 0.592. The minimum Gasteiger partial charge on any atom is -0.490 e. The standard InChI is InChI=1S/C14H19ClO3/c1-10(16)12-8-11(15)4-5-13(12)18-9-14(17)6-2-3-7-14/h4-5,8,10,16-17H,2-3,6-7,9H2,1H3/t10-/m0/s1. The lowest BCUT2D eigenvalue weighted by Crippen LogP contribution is -2.32. The van der Waals surface area contributed by atoms with Crippen molar-refractivity contribution in [3.63, 3.8) is 0 Å². The van der Waals surface area contributed by atoms with E-state index in [2.05, 4.69) is 0 Å². The van der Waals surface area contributed by atoms with Crippen LogP contribution in [0.15, 0.2) is 18.2 Å². The minimum atomic E-state index is -0.713. The second kappa shape index (κ2) is 5.47. The Morgan fingerprint density at radius 2 is 2.06 bits per heavy atom. The van der Waals surface area contributed by atoms with Gasteiger partial charge in [0, 0.05) is 10.6 Å². The fourth-order valence-corrected chi connectivity index (χ4v) is 2.55. The summed E-state index contributed by atoms with van der Waals surface area (Å²) in [5, 5.41) is 20.5. The summed E-state index contributed by atoms with van der Waals surface area (Å²) in [7, 11) is 0. The third kappa shape index (κ3) is 3.16. The van der Waals surface area contributed by atoms with Crippen LogP contribution in [0.4, 0.5) is 0 Å². The van der Waals surface area contributed by atoms with Gasteiger partial charge in [0.15, 0.2) is 0 Å². The highest BCUT2D eigenvalue weighted by atomic mass is 35.5. The Balaban J connectivity index is 2.09. The van der Waals surface area contributed by atoms with Gasteiger partial charge in [0.1, 0.15) is 12.4 Å². The van der Waals surface area contributed by atoms with Gasteiger partial charge in [0.25, 0.3) is 0 Å². The maximum atomic E-state index is 10.2. The first-order chi connectivity index (χ1) is 8.50. The monoisotopic (exact) mass is 270 g/mol. The van der Waals surface area contributed by atoms with Gasteiger partial charge in [-0.15, -0.1) is 0 Å². The molecule has 0 saturated heterocycles. The van der Waals surface area contributed by atoms with Crippen molar-refractivity contribution in [2.24, 2.45) is 0 Å². The first-order valence-electron chi connectivity index (χ1n) is 6.33. The SMILES string of the molecule is C[C@H](O)c1cc(Cl)ccc1OCC1(O)CCCC1. The molecule has 3 nitrogen and oxygen atoms in total. The first kappa shape index (κ1) is 13.7. The number of hydrogen-bond donors (Lipinski definition) is 2. The molecule has 1 aliphatic rings. The van der Waals surface area contributed by atoms with Gasteiger partial charge in [-0.25, -0.2) is 0 Å². The third-order valence-electron chi connectivity index (χ3n) is 3.45. The van der Waals surface area contributed by atoms with E-state index in [0.29, 0.717) is 16.3 Å². The van der Waals surface area contributed by atoms with Crippen LogP contribution in [0, 0.1) is 0 Å². The Labute approximate surface area is 112 Å². The van der Waals surface area contributed by atoms with Gasteiger partial charge < -0.3 is 14.9 Å². The molecule has 18 heavy (non-hydrogen) atoms. The average molecular weight is 271 g/mol. The highest BCUT2D eigenvalue weighted by Gasteiger charge is 2.32. The van der Waals surface area contributed by atoms with Gasteiger partial charge in [-0.1, -0.05) is 24.4 Å². The molecule has 0 heterocycles. The average Bonchev–Trinajstić information content (AvgIpc) is 2.75. The molecule has 0 aromatic heterocycles. The molecule has 0 amide bonds. The van der Waals surface area contributed by atoms with E-state index in [-0.39, 0.29) is 6.61 Å². The van der Waals surface area contributed by atoms with Crippen LogP contribution in [-0.4, -0.2) is 22.4 Å². The Morgan fingerprint density at radius 3 is 2.67 bits per heavy atom. The van der Waals surface area contributed by atoms with Crippen molar-refractivity contribution in [2.45, 2.75) is 44.3 Å². The molecule has 4 heteroatoms. The van der Waals surface area contributed by atoms with Crippen LogP contribution < -0.4 is 4.74 Å². The van der Waals surface area contributed by atoms with Crippen LogP contribution in [0.25, 0.3) is 0 Å². The number of benzene rings is 1. The maximum Gasteiger partial charge on any atom is 0.125 e. The van der Waals surface area contributed by atoms with Gasteiger partial charge in [-0.2, -0.15) is 0 Å². The van der Waals surface area contributed by atoms with E-state index in [4.69, 9.17) is 16.3 Å². The Morgan fingerprint density at radius 1 is 1.39 bits per heavy atom. The maximum absolute atomic E-state index is 10.2. The van der Waals surface area contributed by atoms with E-state index < -0.39 is 11.7 Å². The van der Waals surface area contributed by atoms with Crippen LogP contribution in [0.1, 0.15) is 44.3 Å². The fourth-order valence-electron chi connectivity index (χ4n) is 2.37. The summed E-state index contributed by atoms with van der Waals surface area (Å²) in [6.07, 6.45) is 3.01.